The highest BCUT2D eigenvalue weighted by Crippen LogP contribution is 2.24. The fourth-order valence-corrected chi connectivity index (χ4v) is 2.30. The van der Waals surface area contributed by atoms with E-state index in [9.17, 15) is 8.78 Å². The first-order valence-corrected chi connectivity index (χ1v) is 6.35. The van der Waals surface area contributed by atoms with Gasteiger partial charge in [-0.25, -0.2) is 8.78 Å². The van der Waals surface area contributed by atoms with Gasteiger partial charge >= 0.3 is 0 Å². The van der Waals surface area contributed by atoms with Crippen molar-refractivity contribution in [3.63, 3.8) is 0 Å². The Morgan fingerprint density at radius 3 is 2.32 bits per heavy atom. The molecule has 0 saturated heterocycles. The van der Waals surface area contributed by atoms with Crippen molar-refractivity contribution in [1.82, 2.24) is 5.32 Å². The van der Waals surface area contributed by atoms with E-state index >= 15 is 0 Å². The van der Waals surface area contributed by atoms with E-state index in [1.165, 1.54) is 18.2 Å². The van der Waals surface area contributed by atoms with Crippen LogP contribution in [0.5, 0.6) is 0 Å². The lowest BCUT2D eigenvalue weighted by atomic mass is 9.98. The second kappa shape index (κ2) is 6.13. The predicted octanol–water partition coefficient (Wildman–Crippen LogP) is 4.12. The summed E-state index contributed by atoms with van der Waals surface area (Å²) in [6.07, 6.45) is 0.467. The van der Waals surface area contributed by atoms with Gasteiger partial charge in [0.2, 0.25) is 0 Å². The van der Waals surface area contributed by atoms with Crippen LogP contribution in [0.3, 0.4) is 0 Å². The molecule has 0 bridgehead atoms. The predicted molar refractivity (Wildman–Crippen MR) is 73.3 cm³/mol. The Morgan fingerprint density at radius 1 is 1.11 bits per heavy atom. The van der Waals surface area contributed by atoms with Crippen LogP contribution in [0.4, 0.5) is 8.78 Å². The molecular weight excluding hydrogens is 268 g/mol. The lowest BCUT2D eigenvalue weighted by molar-refractivity contribution is 0.489. The highest BCUT2D eigenvalue weighted by molar-refractivity contribution is 6.30. The smallest absolute Gasteiger partial charge is 0.130 e. The first-order chi connectivity index (χ1) is 9.11. The van der Waals surface area contributed by atoms with Crippen molar-refractivity contribution in [2.24, 2.45) is 0 Å². The molecule has 0 radical (unpaired) electrons. The molecule has 4 heteroatoms. The second-order valence-electron chi connectivity index (χ2n) is 4.31. The maximum Gasteiger partial charge on any atom is 0.130 e. The van der Waals surface area contributed by atoms with Crippen LogP contribution in [-0.2, 0) is 6.42 Å². The van der Waals surface area contributed by atoms with Gasteiger partial charge in [0, 0.05) is 16.6 Å². The zero-order valence-corrected chi connectivity index (χ0v) is 11.2. The Labute approximate surface area is 116 Å². The first kappa shape index (κ1) is 14.0. The number of hydrogen-bond donors (Lipinski definition) is 1. The molecule has 0 aliphatic rings. The van der Waals surface area contributed by atoms with Gasteiger partial charge in [-0.15, -0.1) is 0 Å². The molecule has 0 spiro atoms. The van der Waals surface area contributed by atoms with Crippen LogP contribution >= 0.6 is 11.6 Å². The number of hydrogen-bond acceptors (Lipinski definition) is 1. The zero-order valence-electron chi connectivity index (χ0n) is 10.5. The van der Waals surface area contributed by atoms with E-state index < -0.39 is 17.7 Å². The third-order valence-corrected chi connectivity index (χ3v) is 3.26. The third kappa shape index (κ3) is 3.31. The summed E-state index contributed by atoms with van der Waals surface area (Å²) in [5, 5.41) is 3.56. The number of nitrogens with one attached hydrogen (secondary N) is 1. The van der Waals surface area contributed by atoms with Crippen molar-refractivity contribution in [3.05, 3.63) is 70.2 Å². The van der Waals surface area contributed by atoms with Crippen LogP contribution in [0, 0.1) is 11.6 Å². The zero-order chi connectivity index (χ0) is 13.8. The van der Waals surface area contributed by atoms with Gasteiger partial charge in [-0.1, -0.05) is 29.8 Å². The molecule has 0 aliphatic heterocycles. The highest BCUT2D eigenvalue weighted by Gasteiger charge is 2.18. The summed E-state index contributed by atoms with van der Waals surface area (Å²) in [5.41, 5.74) is 0.986. The van der Waals surface area contributed by atoms with Crippen LogP contribution in [0.1, 0.15) is 17.2 Å². The minimum atomic E-state index is -0.540. The average molecular weight is 282 g/mol. The second-order valence-corrected chi connectivity index (χ2v) is 4.75. The SMILES string of the molecule is CNC(Cc1cccc(Cl)c1)c1c(F)cccc1F. The third-order valence-electron chi connectivity index (χ3n) is 3.03. The van der Waals surface area contributed by atoms with E-state index in [1.54, 1.807) is 19.2 Å². The van der Waals surface area contributed by atoms with E-state index in [0.717, 1.165) is 5.56 Å². The van der Waals surface area contributed by atoms with Gasteiger partial charge in [0.05, 0.1) is 0 Å². The van der Waals surface area contributed by atoms with Gasteiger partial charge < -0.3 is 5.32 Å². The summed E-state index contributed by atoms with van der Waals surface area (Å²) in [6, 6.07) is 10.7. The number of rotatable bonds is 4. The van der Waals surface area contributed by atoms with Crippen LogP contribution in [0.15, 0.2) is 42.5 Å². The molecule has 0 aliphatic carbocycles. The molecule has 1 N–H and O–H groups in total. The molecular formula is C15H14ClF2N. The molecule has 1 atom stereocenters. The minimum absolute atomic E-state index is 0.0602. The minimum Gasteiger partial charge on any atom is -0.313 e. The summed E-state index contributed by atoms with van der Waals surface area (Å²) in [7, 11) is 1.68. The summed E-state index contributed by atoms with van der Waals surface area (Å²) in [6.45, 7) is 0. The summed E-state index contributed by atoms with van der Waals surface area (Å²) in [5.74, 6) is -1.08. The number of benzene rings is 2. The van der Waals surface area contributed by atoms with Crippen LogP contribution in [-0.4, -0.2) is 7.05 Å². The molecule has 0 fully saturated rings. The molecule has 2 aromatic carbocycles. The summed E-state index contributed by atoms with van der Waals surface area (Å²) < 4.78 is 27.5. The van der Waals surface area contributed by atoms with Crippen molar-refractivity contribution in [2.45, 2.75) is 12.5 Å². The van der Waals surface area contributed by atoms with Gasteiger partial charge in [0.1, 0.15) is 11.6 Å². The maximum atomic E-state index is 13.8. The van der Waals surface area contributed by atoms with Crippen molar-refractivity contribution in [1.29, 1.82) is 0 Å². The van der Waals surface area contributed by atoms with Crippen molar-refractivity contribution < 1.29 is 8.78 Å². The van der Waals surface area contributed by atoms with Gasteiger partial charge in [0.25, 0.3) is 0 Å². The van der Waals surface area contributed by atoms with Crippen molar-refractivity contribution >= 4 is 11.6 Å². The van der Waals surface area contributed by atoms with E-state index in [4.69, 9.17) is 11.6 Å². The van der Waals surface area contributed by atoms with Crippen LogP contribution in [0.2, 0.25) is 5.02 Å². The normalized spacial score (nSPS) is 12.4. The van der Waals surface area contributed by atoms with E-state index in [-0.39, 0.29) is 5.56 Å². The fourth-order valence-electron chi connectivity index (χ4n) is 2.09. The van der Waals surface area contributed by atoms with Gasteiger partial charge in [-0.3, -0.25) is 0 Å². The number of halogens is 3. The molecule has 1 unspecified atom stereocenters. The number of likely N-dealkylation sites (N-methyl/N-ethyl adjacent to an activating group) is 1. The summed E-state index contributed by atoms with van der Waals surface area (Å²) in [4.78, 5) is 0. The standard InChI is InChI=1S/C15H14ClF2N/c1-19-14(9-10-4-2-5-11(16)8-10)15-12(17)6-3-7-13(15)18/h2-8,14,19H,9H2,1H3. The molecule has 19 heavy (non-hydrogen) atoms. The Morgan fingerprint density at radius 2 is 1.74 bits per heavy atom. The van der Waals surface area contributed by atoms with Crippen LogP contribution in [0.25, 0.3) is 0 Å². The fraction of sp³-hybridized carbons (Fsp3) is 0.200. The first-order valence-electron chi connectivity index (χ1n) is 5.97. The Kier molecular flexibility index (Phi) is 4.51. The van der Waals surface area contributed by atoms with Gasteiger partial charge in [-0.2, -0.15) is 0 Å². The van der Waals surface area contributed by atoms with Crippen LogP contribution < -0.4 is 5.32 Å². The summed E-state index contributed by atoms with van der Waals surface area (Å²) >= 11 is 5.91. The van der Waals surface area contributed by atoms with E-state index in [1.807, 2.05) is 12.1 Å². The molecule has 2 aromatic rings. The lowest BCUT2D eigenvalue weighted by Gasteiger charge is -2.18. The average Bonchev–Trinajstić information content (AvgIpc) is 2.37. The van der Waals surface area contributed by atoms with E-state index in [2.05, 4.69) is 5.32 Å². The Balaban J connectivity index is 2.30. The van der Waals surface area contributed by atoms with Gasteiger partial charge in [0.15, 0.2) is 0 Å². The van der Waals surface area contributed by atoms with Crippen molar-refractivity contribution in [2.75, 3.05) is 7.05 Å². The Bertz CT molecular complexity index is 552. The maximum absolute atomic E-state index is 13.8. The molecule has 0 saturated carbocycles. The van der Waals surface area contributed by atoms with Crippen molar-refractivity contribution in [3.8, 4) is 0 Å². The monoisotopic (exact) mass is 281 g/mol. The van der Waals surface area contributed by atoms with Gasteiger partial charge in [-0.05, 0) is 43.3 Å². The molecule has 0 heterocycles. The molecule has 0 amide bonds. The molecule has 100 valence electrons. The lowest BCUT2D eigenvalue weighted by Crippen LogP contribution is -2.21. The molecule has 1 nitrogen and oxygen atoms in total. The Hall–Kier alpha value is -1.45. The molecule has 2 rings (SSSR count). The quantitative estimate of drug-likeness (QED) is 0.889. The topological polar surface area (TPSA) is 12.0 Å². The largest absolute Gasteiger partial charge is 0.313 e. The molecule has 0 aromatic heterocycles. The van der Waals surface area contributed by atoms with E-state index in [0.29, 0.717) is 11.4 Å². The highest BCUT2D eigenvalue weighted by atomic mass is 35.5.